The fourth-order valence-electron chi connectivity index (χ4n) is 2.64. The highest BCUT2D eigenvalue weighted by Crippen LogP contribution is 2.56. The Balaban J connectivity index is 1.47. The van der Waals surface area contributed by atoms with Crippen molar-refractivity contribution < 1.29 is 9.53 Å². The van der Waals surface area contributed by atoms with E-state index in [2.05, 4.69) is 5.32 Å². The predicted molar refractivity (Wildman–Crippen MR) is 65.2 cm³/mol. The first kappa shape index (κ1) is 10.9. The van der Waals surface area contributed by atoms with E-state index in [1.807, 2.05) is 0 Å². The minimum atomic E-state index is -0.0295. The molecular formula is C13H14ClNO2. The second-order valence-corrected chi connectivity index (χ2v) is 5.49. The van der Waals surface area contributed by atoms with Gasteiger partial charge < -0.3 is 10.1 Å². The summed E-state index contributed by atoms with van der Waals surface area (Å²) in [5.74, 6) is 1.51. The molecule has 1 amide bonds. The van der Waals surface area contributed by atoms with Crippen molar-refractivity contribution in [3.63, 3.8) is 0 Å². The van der Waals surface area contributed by atoms with Crippen LogP contribution >= 0.6 is 11.6 Å². The third-order valence-electron chi connectivity index (χ3n) is 3.63. The average molecular weight is 252 g/mol. The van der Waals surface area contributed by atoms with Crippen LogP contribution in [0.3, 0.4) is 0 Å². The van der Waals surface area contributed by atoms with Gasteiger partial charge in [0.2, 0.25) is 0 Å². The van der Waals surface area contributed by atoms with Gasteiger partial charge in [0, 0.05) is 10.6 Å². The molecule has 3 nitrogen and oxygen atoms in total. The van der Waals surface area contributed by atoms with Crippen molar-refractivity contribution in [1.82, 2.24) is 5.32 Å². The lowest BCUT2D eigenvalue weighted by Gasteiger charge is -2.61. The van der Waals surface area contributed by atoms with Crippen LogP contribution in [0.1, 0.15) is 19.3 Å². The monoisotopic (exact) mass is 251 g/mol. The molecule has 17 heavy (non-hydrogen) atoms. The lowest BCUT2D eigenvalue weighted by molar-refractivity contribution is -0.134. The van der Waals surface area contributed by atoms with Crippen molar-refractivity contribution in [3.8, 4) is 5.75 Å². The first-order valence-corrected chi connectivity index (χ1v) is 6.22. The van der Waals surface area contributed by atoms with Crippen LogP contribution in [0.5, 0.6) is 5.75 Å². The molecule has 0 radical (unpaired) electrons. The van der Waals surface area contributed by atoms with Gasteiger partial charge in [-0.15, -0.1) is 0 Å². The molecule has 3 aliphatic carbocycles. The summed E-state index contributed by atoms with van der Waals surface area (Å²) in [5.41, 5.74) is 0.130. The largest absolute Gasteiger partial charge is 0.484 e. The van der Waals surface area contributed by atoms with E-state index in [0.29, 0.717) is 10.8 Å². The average Bonchev–Trinajstić information content (AvgIpc) is 2.21. The van der Waals surface area contributed by atoms with Gasteiger partial charge in [-0.05, 0) is 49.4 Å². The summed E-state index contributed by atoms with van der Waals surface area (Å²) >= 11 is 5.76. The van der Waals surface area contributed by atoms with Crippen LogP contribution in [-0.4, -0.2) is 18.1 Å². The van der Waals surface area contributed by atoms with E-state index in [4.69, 9.17) is 16.3 Å². The molecule has 3 aliphatic rings. The summed E-state index contributed by atoms with van der Waals surface area (Å²) < 4.78 is 5.38. The molecule has 0 aromatic heterocycles. The number of carbonyl (C=O) groups is 1. The Bertz CT molecular complexity index is 426. The molecule has 0 heterocycles. The smallest absolute Gasteiger partial charge is 0.258 e. The maximum absolute atomic E-state index is 11.7. The number of nitrogens with one attached hydrogen (secondary N) is 1. The van der Waals surface area contributed by atoms with Crippen LogP contribution in [-0.2, 0) is 4.79 Å². The van der Waals surface area contributed by atoms with E-state index >= 15 is 0 Å². The zero-order valence-corrected chi connectivity index (χ0v) is 10.2. The molecule has 1 aromatic carbocycles. The van der Waals surface area contributed by atoms with Gasteiger partial charge in [0.25, 0.3) is 5.91 Å². The van der Waals surface area contributed by atoms with Crippen molar-refractivity contribution >= 4 is 17.5 Å². The van der Waals surface area contributed by atoms with Crippen molar-refractivity contribution in [2.45, 2.75) is 24.8 Å². The molecule has 2 bridgehead atoms. The van der Waals surface area contributed by atoms with Gasteiger partial charge in [-0.2, -0.15) is 0 Å². The number of halogens is 1. The first-order chi connectivity index (χ1) is 8.15. The number of hydrogen-bond acceptors (Lipinski definition) is 2. The maximum Gasteiger partial charge on any atom is 0.258 e. The summed E-state index contributed by atoms with van der Waals surface area (Å²) in [6, 6.07) is 7.01. The van der Waals surface area contributed by atoms with Crippen LogP contribution in [0.2, 0.25) is 5.02 Å². The Labute approximate surface area is 105 Å². The fraction of sp³-hybridized carbons (Fsp3) is 0.462. The quantitative estimate of drug-likeness (QED) is 0.892. The van der Waals surface area contributed by atoms with E-state index < -0.39 is 0 Å². The lowest BCUT2D eigenvalue weighted by Crippen LogP contribution is -2.68. The highest BCUT2D eigenvalue weighted by molar-refractivity contribution is 6.30. The van der Waals surface area contributed by atoms with Gasteiger partial charge in [0.15, 0.2) is 6.61 Å². The summed E-state index contributed by atoms with van der Waals surface area (Å²) in [4.78, 5) is 11.7. The standard InChI is InChI=1S/C13H14ClNO2/c14-10-1-3-11(4-2-10)17-8-12(16)15-13-5-9(6-13)7-13/h1-4,9H,5-8H2,(H,15,16). The first-order valence-electron chi connectivity index (χ1n) is 5.85. The lowest BCUT2D eigenvalue weighted by atomic mass is 9.50. The van der Waals surface area contributed by atoms with Gasteiger partial charge in [-0.1, -0.05) is 11.6 Å². The molecule has 3 fully saturated rings. The second kappa shape index (κ2) is 3.91. The van der Waals surface area contributed by atoms with Crippen molar-refractivity contribution in [2.24, 2.45) is 5.92 Å². The minimum absolute atomic E-state index is 0.0295. The van der Waals surface area contributed by atoms with E-state index in [9.17, 15) is 4.79 Å². The second-order valence-electron chi connectivity index (χ2n) is 5.05. The number of rotatable bonds is 4. The Hall–Kier alpha value is -1.22. The van der Waals surface area contributed by atoms with Crippen LogP contribution in [0.25, 0.3) is 0 Å². The molecule has 0 aliphatic heterocycles. The number of ether oxygens (including phenoxy) is 1. The Morgan fingerprint density at radius 2 is 2.00 bits per heavy atom. The molecule has 0 atom stereocenters. The molecule has 4 heteroatoms. The number of benzene rings is 1. The van der Waals surface area contributed by atoms with Gasteiger partial charge in [0.05, 0.1) is 0 Å². The van der Waals surface area contributed by atoms with Gasteiger partial charge in [-0.25, -0.2) is 0 Å². The Kier molecular flexibility index (Phi) is 2.51. The van der Waals surface area contributed by atoms with Gasteiger partial charge >= 0.3 is 0 Å². The summed E-state index contributed by atoms with van der Waals surface area (Å²) in [5, 5.41) is 3.71. The SMILES string of the molecule is O=C(COc1ccc(Cl)cc1)NC12CC(C1)C2. The van der Waals surface area contributed by atoms with Gasteiger partial charge in [-0.3, -0.25) is 4.79 Å². The molecule has 1 N–H and O–H groups in total. The number of amides is 1. The van der Waals surface area contributed by atoms with Crippen LogP contribution in [0.4, 0.5) is 0 Å². The maximum atomic E-state index is 11.7. The molecule has 0 saturated heterocycles. The highest BCUT2D eigenvalue weighted by atomic mass is 35.5. The van der Waals surface area contributed by atoms with Crippen LogP contribution < -0.4 is 10.1 Å². The fourth-order valence-corrected chi connectivity index (χ4v) is 2.77. The summed E-state index contributed by atoms with van der Waals surface area (Å²) in [7, 11) is 0. The van der Waals surface area contributed by atoms with Crippen molar-refractivity contribution in [3.05, 3.63) is 29.3 Å². The third-order valence-corrected chi connectivity index (χ3v) is 3.88. The highest BCUT2D eigenvalue weighted by Gasteiger charge is 2.57. The van der Waals surface area contributed by atoms with E-state index in [-0.39, 0.29) is 18.1 Å². The number of carbonyl (C=O) groups excluding carboxylic acids is 1. The van der Waals surface area contributed by atoms with Crippen LogP contribution in [0.15, 0.2) is 24.3 Å². The van der Waals surface area contributed by atoms with E-state index in [1.54, 1.807) is 24.3 Å². The molecule has 3 saturated carbocycles. The predicted octanol–water partition coefficient (Wildman–Crippen LogP) is 2.39. The molecular weight excluding hydrogens is 238 g/mol. The molecule has 4 rings (SSSR count). The zero-order chi connectivity index (χ0) is 11.9. The van der Waals surface area contributed by atoms with Crippen molar-refractivity contribution in [2.75, 3.05) is 6.61 Å². The van der Waals surface area contributed by atoms with Gasteiger partial charge in [0.1, 0.15) is 5.75 Å². The Morgan fingerprint density at radius 3 is 2.53 bits per heavy atom. The van der Waals surface area contributed by atoms with E-state index in [0.717, 1.165) is 25.2 Å². The topological polar surface area (TPSA) is 38.3 Å². The van der Waals surface area contributed by atoms with E-state index in [1.165, 1.54) is 0 Å². The third kappa shape index (κ3) is 2.12. The summed E-state index contributed by atoms with van der Waals surface area (Å²) in [6.07, 6.45) is 3.46. The molecule has 0 spiro atoms. The molecule has 0 unspecified atom stereocenters. The van der Waals surface area contributed by atoms with Crippen molar-refractivity contribution in [1.29, 1.82) is 0 Å². The number of hydrogen-bond donors (Lipinski definition) is 1. The zero-order valence-electron chi connectivity index (χ0n) is 9.41. The Morgan fingerprint density at radius 1 is 1.35 bits per heavy atom. The summed E-state index contributed by atoms with van der Waals surface area (Å²) in [6.45, 7) is 0.0774. The molecule has 90 valence electrons. The van der Waals surface area contributed by atoms with Crippen LogP contribution in [0, 0.1) is 5.92 Å². The normalized spacial score (nSPS) is 28.9. The minimum Gasteiger partial charge on any atom is -0.484 e. The molecule has 1 aromatic rings.